The Balaban J connectivity index is 1.87. The molecule has 1 saturated carbocycles. The van der Waals surface area contributed by atoms with Crippen LogP contribution in [0.1, 0.15) is 46.5 Å². The van der Waals surface area contributed by atoms with Gasteiger partial charge in [-0.3, -0.25) is 4.79 Å². The Kier molecular flexibility index (Phi) is 4.76. The summed E-state index contributed by atoms with van der Waals surface area (Å²) in [5.41, 5.74) is 5.05. The summed E-state index contributed by atoms with van der Waals surface area (Å²) in [7, 11) is 0. The van der Waals surface area contributed by atoms with E-state index in [0.29, 0.717) is 19.1 Å². The Morgan fingerprint density at radius 2 is 1.67 bits per heavy atom. The van der Waals surface area contributed by atoms with Gasteiger partial charge in [-0.25, -0.2) is 4.79 Å². The van der Waals surface area contributed by atoms with Crippen molar-refractivity contribution in [3.8, 4) is 0 Å². The van der Waals surface area contributed by atoms with Crippen molar-refractivity contribution in [2.45, 2.75) is 64.1 Å². The first-order chi connectivity index (χ1) is 9.81. The van der Waals surface area contributed by atoms with Crippen molar-refractivity contribution in [3.63, 3.8) is 0 Å². The average Bonchev–Trinajstić information content (AvgIpc) is 3.22. The second kappa shape index (κ2) is 6.22. The van der Waals surface area contributed by atoms with Gasteiger partial charge in [-0.05, 0) is 46.5 Å². The summed E-state index contributed by atoms with van der Waals surface area (Å²) >= 11 is 0. The third kappa shape index (κ3) is 4.33. The van der Waals surface area contributed by atoms with Crippen LogP contribution in [0.2, 0.25) is 0 Å². The minimum absolute atomic E-state index is 0.0354. The van der Waals surface area contributed by atoms with Crippen LogP contribution in [0.3, 0.4) is 0 Å². The number of nitrogens with two attached hydrogens (primary N) is 1. The normalized spacial score (nSPS) is 20.3. The summed E-state index contributed by atoms with van der Waals surface area (Å²) in [6.07, 6.45) is 3.52. The van der Waals surface area contributed by atoms with Gasteiger partial charge in [-0.1, -0.05) is 0 Å². The first kappa shape index (κ1) is 16.1. The summed E-state index contributed by atoms with van der Waals surface area (Å²) in [6.45, 7) is 6.95. The Morgan fingerprint density at radius 3 is 2.10 bits per heavy atom. The second-order valence-electron chi connectivity index (χ2n) is 6.93. The van der Waals surface area contributed by atoms with Gasteiger partial charge in [0.05, 0.1) is 6.54 Å². The fourth-order valence-corrected chi connectivity index (χ4v) is 2.82. The van der Waals surface area contributed by atoms with E-state index in [0.717, 1.165) is 25.7 Å². The molecule has 0 unspecified atom stereocenters. The third-order valence-corrected chi connectivity index (χ3v) is 3.91. The number of amides is 2. The van der Waals surface area contributed by atoms with Crippen molar-refractivity contribution >= 4 is 12.0 Å². The number of carbonyl (C=O) groups is 2. The van der Waals surface area contributed by atoms with Gasteiger partial charge >= 0.3 is 6.09 Å². The Bertz CT molecular complexity index is 393. The number of carbonyl (C=O) groups excluding carboxylic acids is 2. The predicted molar refractivity (Wildman–Crippen MR) is 79.8 cm³/mol. The number of likely N-dealkylation sites (tertiary alicyclic amines) is 1. The summed E-state index contributed by atoms with van der Waals surface area (Å²) in [4.78, 5) is 27.7. The fourth-order valence-electron chi connectivity index (χ4n) is 2.82. The van der Waals surface area contributed by atoms with E-state index >= 15 is 0 Å². The van der Waals surface area contributed by atoms with Crippen LogP contribution in [0.15, 0.2) is 0 Å². The van der Waals surface area contributed by atoms with Crippen LogP contribution in [0.5, 0.6) is 0 Å². The van der Waals surface area contributed by atoms with E-state index in [1.54, 1.807) is 4.90 Å². The van der Waals surface area contributed by atoms with Gasteiger partial charge in [-0.2, -0.15) is 0 Å². The molecule has 1 heterocycles. The second-order valence-corrected chi connectivity index (χ2v) is 6.93. The molecule has 0 atom stereocenters. The van der Waals surface area contributed by atoms with Crippen LogP contribution in [0.4, 0.5) is 4.79 Å². The van der Waals surface area contributed by atoms with Crippen molar-refractivity contribution in [3.05, 3.63) is 0 Å². The molecule has 2 aliphatic rings. The lowest BCUT2D eigenvalue weighted by Gasteiger charge is -2.39. The van der Waals surface area contributed by atoms with Gasteiger partial charge in [0.1, 0.15) is 5.60 Å². The highest BCUT2D eigenvalue weighted by atomic mass is 16.6. The summed E-state index contributed by atoms with van der Waals surface area (Å²) in [5.74, 6) is 0.0354. The van der Waals surface area contributed by atoms with E-state index < -0.39 is 5.60 Å². The number of rotatable bonds is 3. The highest BCUT2D eigenvalue weighted by molar-refractivity contribution is 5.79. The maximum absolute atomic E-state index is 12.0. The minimum Gasteiger partial charge on any atom is -0.444 e. The Morgan fingerprint density at radius 1 is 1.14 bits per heavy atom. The van der Waals surface area contributed by atoms with E-state index in [1.165, 1.54) is 0 Å². The maximum atomic E-state index is 12.0. The summed E-state index contributed by atoms with van der Waals surface area (Å²) < 4.78 is 5.39. The quantitative estimate of drug-likeness (QED) is 0.853. The average molecular weight is 297 g/mol. The molecule has 0 spiro atoms. The van der Waals surface area contributed by atoms with Gasteiger partial charge in [0.25, 0.3) is 0 Å². The molecule has 6 nitrogen and oxygen atoms in total. The van der Waals surface area contributed by atoms with Crippen molar-refractivity contribution in [1.29, 1.82) is 0 Å². The highest BCUT2D eigenvalue weighted by Crippen LogP contribution is 2.32. The molecule has 6 heteroatoms. The molecule has 2 amide bonds. The predicted octanol–water partition coefficient (Wildman–Crippen LogP) is 1.34. The topological polar surface area (TPSA) is 75.9 Å². The van der Waals surface area contributed by atoms with E-state index in [-0.39, 0.29) is 24.6 Å². The first-order valence-corrected chi connectivity index (χ1v) is 7.81. The lowest BCUT2D eigenvalue weighted by atomic mass is 10.0. The molecule has 0 aromatic carbocycles. The molecular weight excluding hydrogens is 270 g/mol. The van der Waals surface area contributed by atoms with Gasteiger partial charge in [0.2, 0.25) is 5.91 Å². The number of ether oxygens (including phenoxy) is 1. The van der Waals surface area contributed by atoms with Crippen LogP contribution in [0.25, 0.3) is 0 Å². The number of hydrogen-bond donors (Lipinski definition) is 1. The summed E-state index contributed by atoms with van der Waals surface area (Å²) in [5, 5.41) is 0. The van der Waals surface area contributed by atoms with Crippen LogP contribution in [0, 0.1) is 0 Å². The zero-order valence-corrected chi connectivity index (χ0v) is 13.3. The molecule has 0 radical (unpaired) electrons. The van der Waals surface area contributed by atoms with Gasteiger partial charge in [-0.15, -0.1) is 0 Å². The van der Waals surface area contributed by atoms with Crippen LogP contribution in [-0.4, -0.2) is 59.1 Å². The maximum Gasteiger partial charge on any atom is 0.410 e. The Labute approximate surface area is 126 Å². The molecule has 2 rings (SSSR count). The van der Waals surface area contributed by atoms with Crippen molar-refractivity contribution in [2.24, 2.45) is 5.73 Å². The van der Waals surface area contributed by atoms with Crippen molar-refractivity contribution in [1.82, 2.24) is 9.80 Å². The fraction of sp³-hybridized carbons (Fsp3) is 0.867. The lowest BCUT2D eigenvalue weighted by molar-refractivity contribution is -0.133. The van der Waals surface area contributed by atoms with E-state index in [2.05, 4.69) is 0 Å². The molecule has 0 aromatic rings. The largest absolute Gasteiger partial charge is 0.444 e. The van der Waals surface area contributed by atoms with Crippen LogP contribution >= 0.6 is 0 Å². The monoisotopic (exact) mass is 297 g/mol. The SMILES string of the molecule is CC(C)(C)OC(=O)N1CCC(N(C(=O)CN)C2CC2)CC1. The van der Waals surface area contributed by atoms with Crippen molar-refractivity contribution in [2.75, 3.05) is 19.6 Å². The molecule has 120 valence electrons. The standard InChI is InChI=1S/C15H27N3O3/c1-15(2,3)21-14(20)17-8-6-12(7-9-17)18(11-4-5-11)13(19)10-16/h11-12H,4-10,16H2,1-3H3. The molecule has 0 bridgehead atoms. The first-order valence-electron chi connectivity index (χ1n) is 7.81. The van der Waals surface area contributed by atoms with Gasteiger partial charge in [0.15, 0.2) is 0 Å². The molecule has 1 aliphatic carbocycles. The highest BCUT2D eigenvalue weighted by Gasteiger charge is 2.38. The molecule has 2 fully saturated rings. The smallest absolute Gasteiger partial charge is 0.410 e. The molecular formula is C15H27N3O3. The van der Waals surface area contributed by atoms with Crippen molar-refractivity contribution < 1.29 is 14.3 Å². The molecule has 1 aliphatic heterocycles. The van der Waals surface area contributed by atoms with Crippen LogP contribution in [-0.2, 0) is 9.53 Å². The molecule has 0 aromatic heterocycles. The van der Waals surface area contributed by atoms with E-state index in [9.17, 15) is 9.59 Å². The number of nitrogens with zero attached hydrogens (tertiary/aromatic N) is 2. The minimum atomic E-state index is -0.469. The van der Waals surface area contributed by atoms with E-state index in [4.69, 9.17) is 10.5 Å². The van der Waals surface area contributed by atoms with E-state index in [1.807, 2.05) is 25.7 Å². The number of hydrogen-bond acceptors (Lipinski definition) is 4. The Hall–Kier alpha value is -1.30. The van der Waals surface area contributed by atoms with Gasteiger partial charge < -0.3 is 20.3 Å². The zero-order chi connectivity index (χ0) is 15.6. The van der Waals surface area contributed by atoms with Crippen LogP contribution < -0.4 is 5.73 Å². The molecule has 2 N–H and O–H groups in total. The third-order valence-electron chi connectivity index (χ3n) is 3.91. The zero-order valence-electron chi connectivity index (χ0n) is 13.3. The molecule has 1 saturated heterocycles. The lowest BCUT2D eigenvalue weighted by Crippen LogP contribution is -2.51. The van der Waals surface area contributed by atoms with Gasteiger partial charge in [0, 0.05) is 25.2 Å². The molecule has 21 heavy (non-hydrogen) atoms. The summed E-state index contributed by atoms with van der Waals surface area (Å²) in [6, 6.07) is 0.589. The number of piperidine rings is 1.